The van der Waals surface area contributed by atoms with E-state index in [-0.39, 0.29) is 0 Å². The van der Waals surface area contributed by atoms with Crippen molar-refractivity contribution in [3.05, 3.63) is 50.8 Å². The second-order valence-corrected chi connectivity index (χ2v) is 4.08. The molecule has 5 nitrogen and oxygen atoms in total. The van der Waals surface area contributed by atoms with Crippen LogP contribution in [0.15, 0.2) is 29.9 Å². The number of nitrogens with one attached hydrogen (secondary N) is 1. The van der Waals surface area contributed by atoms with Gasteiger partial charge in [-0.1, -0.05) is 17.7 Å². The standard InChI is InChI=1S/C9H10ClN3O2S/c10-9-2-1-8(6-12-9)5-11-7-16-4-3-13(14)15/h1-4,6,11H,5,7H2. The number of pyridine rings is 1. The van der Waals surface area contributed by atoms with Crippen LogP contribution in [0.5, 0.6) is 0 Å². The lowest BCUT2D eigenvalue weighted by Gasteiger charge is -2.01. The molecule has 0 saturated heterocycles. The van der Waals surface area contributed by atoms with E-state index in [9.17, 15) is 10.1 Å². The lowest BCUT2D eigenvalue weighted by Crippen LogP contribution is -2.11. The number of nitrogens with zero attached hydrogens (tertiary/aromatic N) is 2. The van der Waals surface area contributed by atoms with E-state index in [1.807, 2.05) is 6.07 Å². The second kappa shape index (κ2) is 7.21. The molecule has 0 saturated carbocycles. The van der Waals surface area contributed by atoms with Crippen LogP contribution in [0.3, 0.4) is 0 Å². The normalized spacial score (nSPS) is 10.8. The van der Waals surface area contributed by atoms with Crippen LogP contribution in [0.25, 0.3) is 0 Å². The van der Waals surface area contributed by atoms with Gasteiger partial charge in [0, 0.05) is 24.0 Å². The van der Waals surface area contributed by atoms with Crippen molar-refractivity contribution in [3.8, 4) is 0 Å². The molecule has 0 atom stereocenters. The van der Waals surface area contributed by atoms with Gasteiger partial charge in [-0.15, -0.1) is 11.8 Å². The highest BCUT2D eigenvalue weighted by molar-refractivity contribution is 8.02. The summed E-state index contributed by atoms with van der Waals surface area (Å²) in [5, 5.41) is 15.0. The first-order valence-electron chi connectivity index (χ1n) is 4.41. The quantitative estimate of drug-likeness (QED) is 0.279. The molecule has 7 heteroatoms. The predicted octanol–water partition coefficient (Wildman–Crippen LogP) is 2.26. The topological polar surface area (TPSA) is 68.1 Å². The van der Waals surface area contributed by atoms with Crippen LogP contribution in [0.1, 0.15) is 5.56 Å². The first-order valence-corrected chi connectivity index (χ1v) is 5.84. The molecule has 0 aromatic carbocycles. The minimum Gasteiger partial charge on any atom is -0.303 e. The van der Waals surface area contributed by atoms with E-state index in [1.54, 1.807) is 12.3 Å². The Morgan fingerprint density at radius 3 is 3.06 bits per heavy atom. The molecule has 0 amide bonds. The summed E-state index contributed by atoms with van der Waals surface area (Å²) in [7, 11) is 0. The zero-order valence-corrected chi connectivity index (χ0v) is 9.87. The zero-order chi connectivity index (χ0) is 11.8. The minimum absolute atomic E-state index is 0.465. The van der Waals surface area contributed by atoms with Crippen LogP contribution >= 0.6 is 23.4 Å². The molecule has 0 aliphatic heterocycles. The lowest BCUT2D eigenvalue weighted by atomic mass is 10.3. The predicted molar refractivity (Wildman–Crippen MR) is 64.7 cm³/mol. The van der Waals surface area contributed by atoms with Gasteiger partial charge in [0.25, 0.3) is 0 Å². The van der Waals surface area contributed by atoms with Gasteiger partial charge in [0.1, 0.15) is 5.15 Å². The lowest BCUT2D eigenvalue weighted by molar-refractivity contribution is -0.402. The number of hydrogen-bond donors (Lipinski definition) is 1. The molecule has 1 aromatic rings. The number of nitro groups is 1. The summed E-state index contributed by atoms with van der Waals surface area (Å²) in [6.45, 7) is 0.656. The third kappa shape index (κ3) is 5.69. The molecule has 1 heterocycles. The third-order valence-electron chi connectivity index (χ3n) is 1.58. The molecule has 0 aliphatic rings. The van der Waals surface area contributed by atoms with Crippen molar-refractivity contribution in [1.29, 1.82) is 0 Å². The molecule has 1 rings (SSSR count). The molecular formula is C9H10ClN3O2S. The van der Waals surface area contributed by atoms with Gasteiger partial charge in [0.2, 0.25) is 6.20 Å². The van der Waals surface area contributed by atoms with Crippen molar-refractivity contribution in [1.82, 2.24) is 10.3 Å². The molecular weight excluding hydrogens is 250 g/mol. The van der Waals surface area contributed by atoms with Crippen molar-refractivity contribution < 1.29 is 4.92 Å². The average molecular weight is 260 g/mol. The first-order chi connectivity index (χ1) is 7.68. The fraction of sp³-hybridized carbons (Fsp3) is 0.222. The van der Waals surface area contributed by atoms with Gasteiger partial charge < -0.3 is 5.32 Å². The Morgan fingerprint density at radius 2 is 2.44 bits per heavy atom. The summed E-state index contributed by atoms with van der Waals surface area (Å²) in [5.74, 6) is 0.604. The first kappa shape index (κ1) is 13.0. The van der Waals surface area contributed by atoms with Crippen LogP contribution in [-0.2, 0) is 6.54 Å². The molecule has 0 spiro atoms. The van der Waals surface area contributed by atoms with E-state index >= 15 is 0 Å². The van der Waals surface area contributed by atoms with Crippen molar-refractivity contribution in [2.75, 3.05) is 5.88 Å². The Hall–Kier alpha value is -1.11. The minimum atomic E-state index is -0.490. The van der Waals surface area contributed by atoms with Gasteiger partial charge in [-0.2, -0.15) is 0 Å². The van der Waals surface area contributed by atoms with Crippen molar-refractivity contribution in [2.24, 2.45) is 0 Å². The highest BCUT2D eigenvalue weighted by atomic mass is 35.5. The van der Waals surface area contributed by atoms with E-state index in [4.69, 9.17) is 11.6 Å². The third-order valence-corrected chi connectivity index (χ3v) is 2.49. The van der Waals surface area contributed by atoms with E-state index in [2.05, 4.69) is 10.3 Å². The fourth-order valence-corrected chi connectivity index (χ4v) is 1.52. The summed E-state index contributed by atoms with van der Waals surface area (Å²) in [4.78, 5) is 13.4. The maximum atomic E-state index is 9.95. The van der Waals surface area contributed by atoms with Gasteiger partial charge >= 0.3 is 0 Å². The molecule has 0 bridgehead atoms. The van der Waals surface area contributed by atoms with E-state index in [0.717, 1.165) is 11.8 Å². The van der Waals surface area contributed by atoms with Gasteiger partial charge in [0.15, 0.2) is 0 Å². The second-order valence-electron chi connectivity index (χ2n) is 2.80. The van der Waals surface area contributed by atoms with Crippen LogP contribution in [-0.4, -0.2) is 15.8 Å². The molecule has 1 N–H and O–H groups in total. The molecule has 1 aromatic heterocycles. The maximum Gasteiger partial charge on any atom is 0.240 e. The molecule has 0 radical (unpaired) electrons. The van der Waals surface area contributed by atoms with Crippen molar-refractivity contribution in [2.45, 2.75) is 6.54 Å². The number of thioether (sulfide) groups is 1. The monoisotopic (exact) mass is 259 g/mol. The maximum absolute atomic E-state index is 9.95. The molecule has 86 valence electrons. The van der Waals surface area contributed by atoms with Gasteiger partial charge in [-0.05, 0) is 11.6 Å². The highest BCUT2D eigenvalue weighted by Gasteiger charge is 1.93. The van der Waals surface area contributed by atoms with Gasteiger partial charge in [-0.25, -0.2) is 4.98 Å². The molecule has 16 heavy (non-hydrogen) atoms. The summed E-state index contributed by atoms with van der Waals surface area (Å²) in [6.07, 6.45) is 2.60. The van der Waals surface area contributed by atoms with E-state index < -0.39 is 4.92 Å². The zero-order valence-electron chi connectivity index (χ0n) is 8.30. The Labute approximate surface area is 102 Å². The number of aromatic nitrogens is 1. The molecule has 0 aliphatic carbocycles. The number of rotatable bonds is 6. The van der Waals surface area contributed by atoms with Crippen LogP contribution in [0.4, 0.5) is 0 Å². The van der Waals surface area contributed by atoms with Gasteiger partial charge in [0.05, 0.1) is 4.92 Å². The fourth-order valence-electron chi connectivity index (χ4n) is 0.906. The Morgan fingerprint density at radius 1 is 1.62 bits per heavy atom. The largest absolute Gasteiger partial charge is 0.303 e. The molecule has 0 fully saturated rings. The van der Waals surface area contributed by atoms with Crippen molar-refractivity contribution >= 4 is 23.4 Å². The Bertz CT molecular complexity index is 370. The molecule has 0 unspecified atom stereocenters. The van der Waals surface area contributed by atoms with E-state index in [1.165, 1.54) is 17.2 Å². The Kier molecular flexibility index (Phi) is 5.84. The average Bonchev–Trinajstić information content (AvgIpc) is 2.25. The van der Waals surface area contributed by atoms with E-state index in [0.29, 0.717) is 17.6 Å². The van der Waals surface area contributed by atoms with Crippen LogP contribution in [0.2, 0.25) is 5.15 Å². The summed E-state index contributed by atoms with van der Waals surface area (Å²) >= 11 is 6.96. The highest BCUT2D eigenvalue weighted by Crippen LogP contribution is 2.05. The summed E-state index contributed by atoms with van der Waals surface area (Å²) in [5.41, 5.74) is 1.02. The van der Waals surface area contributed by atoms with Crippen molar-refractivity contribution in [3.63, 3.8) is 0 Å². The number of halogens is 1. The SMILES string of the molecule is O=[N+]([O-])C=CSCNCc1ccc(Cl)nc1. The van der Waals surface area contributed by atoms with Crippen LogP contribution < -0.4 is 5.32 Å². The number of hydrogen-bond acceptors (Lipinski definition) is 5. The Balaban J connectivity index is 2.16. The van der Waals surface area contributed by atoms with Gasteiger partial charge in [-0.3, -0.25) is 10.1 Å². The van der Waals surface area contributed by atoms with Crippen LogP contribution in [0, 0.1) is 10.1 Å². The summed E-state index contributed by atoms with van der Waals surface area (Å²) in [6, 6.07) is 3.60. The smallest absolute Gasteiger partial charge is 0.240 e. The summed E-state index contributed by atoms with van der Waals surface area (Å²) < 4.78 is 0.